The number of carbonyl (C=O) groups is 2. The number of aromatic hydroxyl groups is 1. The smallest absolute Gasteiger partial charge is 0.326 e. The normalized spacial score (nSPS) is 15.7. The molecule has 7 heteroatoms. The molecule has 0 spiro atoms. The van der Waals surface area contributed by atoms with Crippen LogP contribution < -0.4 is 10.5 Å². The first-order valence-corrected chi connectivity index (χ1v) is 7.29. The molecule has 4 N–H and O–H groups in total. The molecular weight excluding hydrogens is 300 g/mol. The minimum absolute atomic E-state index is 0.0532. The SMILES string of the molecule is CC(C)C[C@@H](C(=O)O)N1CC(Oc2cccc(O)c2N)=CC1=O. The van der Waals surface area contributed by atoms with Crippen LogP contribution in [0.1, 0.15) is 20.3 Å². The molecule has 1 amide bonds. The van der Waals surface area contributed by atoms with Crippen molar-refractivity contribution >= 4 is 17.6 Å². The van der Waals surface area contributed by atoms with Gasteiger partial charge in [-0.05, 0) is 24.5 Å². The number of phenolic OH excluding ortho intramolecular Hbond substituents is 1. The van der Waals surface area contributed by atoms with Gasteiger partial charge in [0.2, 0.25) is 0 Å². The summed E-state index contributed by atoms with van der Waals surface area (Å²) in [5.74, 6) is -0.919. The van der Waals surface area contributed by atoms with Crippen molar-refractivity contribution < 1.29 is 24.5 Å². The highest BCUT2D eigenvalue weighted by Gasteiger charge is 2.34. The quantitative estimate of drug-likeness (QED) is 0.542. The molecule has 1 atom stereocenters. The zero-order valence-corrected chi connectivity index (χ0v) is 13.0. The van der Waals surface area contributed by atoms with E-state index >= 15 is 0 Å². The van der Waals surface area contributed by atoms with Gasteiger partial charge in [0.25, 0.3) is 5.91 Å². The van der Waals surface area contributed by atoms with Crippen LogP contribution in [0.3, 0.4) is 0 Å². The molecule has 1 aromatic rings. The van der Waals surface area contributed by atoms with Gasteiger partial charge in [-0.15, -0.1) is 0 Å². The minimum Gasteiger partial charge on any atom is -0.506 e. The second-order valence-electron chi connectivity index (χ2n) is 5.85. The van der Waals surface area contributed by atoms with Gasteiger partial charge in [-0.1, -0.05) is 19.9 Å². The van der Waals surface area contributed by atoms with E-state index in [1.807, 2.05) is 13.8 Å². The summed E-state index contributed by atoms with van der Waals surface area (Å²) in [6.45, 7) is 3.85. The van der Waals surface area contributed by atoms with Crippen molar-refractivity contribution in [3.05, 3.63) is 30.0 Å². The number of hydrogen-bond donors (Lipinski definition) is 3. The third kappa shape index (κ3) is 3.74. The van der Waals surface area contributed by atoms with E-state index in [0.29, 0.717) is 12.2 Å². The zero-order valence-electron chi connectivity index (χ0n) is 13.0. The monoisotopic (exact) mass is 320 g/mol. The number of nitrogens with two attached hydrogens (primary N) is 1. The van der Waals surface area contributed by atoms with Gasteiger partial charge in [-0.3, -0.25) is 4.79 Å². The lowest BCUT2D eigenvalue weighted by Gasteiger charge is -2.25. The van der Waals surface area contributed by atoms with Crippen molar-refractivity contribution in [3.63, 3.8) is 0 Å². The molecule has 1 aliphatic rings. The molecule has 1 aromatic carbocycles. The fourth-order valence-corrected chi connectivity index (χ4v) is 2.41. The Labute approximate surface area is 134 Å². The number of carboxylic acids is 1. The molecule has 2 rings (SSSR count). The van der Waals surface area contributed by atoms with Gasteiger partial charge in [-0.2, -0.15) is 0 Å². The summed E-state index contributed by atoms with van der Waals surface area (Å²) in [6, 6.07) is 3.65. The maximum absolute atomic E-state index is 12.1. The number of ether oxygens (including phenoxy) is 1. The maximum Gasteiger partial charge on any atom is 0.326 e. The first-order chi connectivity index (χ1) is 10.8. The lowest BCUT2D eigenvalue weighted by Crippen LogP contribution is -2.43. The van der Waals surface area contributed by atoms with E-state index in [4.69, 9.17) is 10.5 Å². The Kier molecular flexibility index (Phi) is 4.78. The lowest BCUT2D eigenvalue weighted by molar-refractivity contribution is -0.148. The van der Waals surface area contributed by atoms with Crippen LogP contribution in [0, 0.1) is 5.92 Å². The molecule has 0 bridgehead atoms. The maximum atomic E-state index is 12.1. The summed E-state index contributed by atoms with van der Waals surface area (Å²) in [6.07, 6.45) is 1.61. The molecule has 0 radical (unpaired) electrons. The van der Waals surface area contributed by atoms with Gasteiger partial charge >= 0.3 is 5.97 Å². The Bertz CT molecular complexity index is 654. The zero-order chi connectivity index (χ0) is 17.1. The summed E-state index contributed by atoms with van der Waals surface area (Å²) in [4.78, 5) is 24.8. The highest BCUT2D eigenvalue weighted by Crippen LogP contribution is 2.32. The number of nitrogens with zero attached hydrogens (tertiary/aromatic N) is 1. The van der Waals surface area contributed by atoms with E-state index in [2.05, 4.69) is 0 Å². The van der Waals surface area contributed by atoms with Crippen LogP contribution in [0.25, 0.3) is 0 Å². The van der Waals surface area contributed by atoms with Gasteiger partial charge in [-0.25, -0.2) is 4.79 Å². The summed E-state index contributed by atoms with van der Waals surface area (Å²) in [5, 5.41) is 18.9. The first kappa shape index (κ1) is 16.7. The predicted octanol–water partition coefficient (Wildman–Crippen LogP) is 1.58. The number of amides is 1. The number of anilines is 1. The van der Waals surface area contributed by atoms with Crippen molar-refractivity contribution in [3.8, 4) is 11.5 Å². The topological polar surface area (TPSA) is 113 Å². The lowest BCUT2D eigenvalue weighted by atomic mass is 10.0. The first-order valence-electron chi connectivity index (χ1n) is 7.29. The average molecular weight is 320 g/mol. The van der Waals surface area contributed by atoms with Crippen molar-refractivity contribution in [2.75, 3.05) is 12.3 Å². The number of para-hydroxylation sites is 1. The largest absolute Gasteiger partial charge is 0.506 e. The van der Waals surface area contributed by atoms with Crippen LogP contribution in [0.5, 0.6) is 11.5 Å². The second kappa shape index (κ2) is 6.60. The van der Waals surface area contributed by atoms with E-state index < -0.39 is 17.9 Å². The number of benzene rings is 1. The van der Waals surface area contributed by atoms with Gasteiger partial charge in [0.15, 0.2) is 5.75 Å². The van der Waals surface area contributed by atoms with E-state index in [1.54, 1.807) is 12.1 Å². The highest BCUT2D eigenvalue weighted by molar-refractivity contribution is 5.94. The summed E-state index contributed by atoms with van der Waals surface area (Å²) in [7, 11) is 0. The molecule has 1 aliphatic heterocycles. The number of aliphatic carboxylic acids is 1. The van der Waals surface area contributed by atoms with Crippen molar-refractivity contribution in [2.45, 2.75) is 26.3 Å². The van der Waals surface area contributed by atoms with E-state index in [1.165, 1.54) is 17.0 Å². The van der Waals surface area contributed by atoms with E-state index in [9.17, 15) is 19.8 Å². The van der Waals surface area contributed by atoms with Crippen LogP contribution in [0.2, 0.25) is 0 Å². The number of carboxylic acid groups (broad SMARTS) is 1. The predicted molar refractivity (Wildman–Crippen MR) is 83.8 cm³/mol. The number of phenols is 1. The second-order valence-corrected chi connectivity index (χ2v) is 5.85. The van der Waals surface area contributed by atoms with E-state index in [-0.39, 0.29) is 29.6 Å². The van der Waals surface area contributed by atoms with Gasteiger partial charge < -0.3 is 25.6 Å². The Morgan fingerprint density at radius 2 is 2.13 bits per heavy atom. The summed E-state index contributed by atoms with van der Waals surface area (Å²) < 4.78 is 5.54. The van der Waals surface area contributed by atoms with Crippen LogP contribution >= 0.6 is 0 Å². The Hall–Kier alpha value is -2.70. The van der Waals surface area contributed by atoms with Gasteiger partial charge in [0, 0.05) is 6.08 Å². The Morgan fingerprint density at radius 1 is 1.43 bits per heavy atom. The molecule has 0 aromatic heterocycles. The van der Waals surface area contributed by atoms with Crippen LogP contribution in [0.15, 0.2) is 30.0 Å². The molecular formula is C16H20N2O5. The van der Waals surface area contributed by atoms with Crippen LogP contribution in [-0.2, 0) is 9.59 Å². The molecule has 0 aliphatic carbocycles. The van der Waals surface area contributed by atoms with Gasteiger partial charge in [0.1, 0.15) is 23.2 Å². The third-order valence-corrected chi connectivity index (χ3v) is 3.53. The van der Waals surface area contributed by atoms with Gasteiger partial charge in [0.05, 0.1) is 6.54 Å². The third-order valence-electron chi connectivity index (χ3n) is 3.53. The molecule has 0 fully saturated rings. The fraction of sp³-hybridized carbons (Fsp3) is 0.375. The Morgan fingerprint density at radius 3 is 2.74 bits per heavy atom. The van der Waals surface area contributed by atoms with E-state index in [0.717, 1.165) is 0 Å². The van der Waals surface area contributed by atoms with Crippen LogP contribution in [-0.4, -0.2) is 39.6 Å². The number of hydrogen-bond acceptors (Lipinski definition) is 5. The molecule has 0 saturated carbocycles. The fourth-order valence-electron chi connectivity index (χ4n) is 2.41. The van der Waals surface area contributed by atoms with Crippen molar-refractivity contribution in [2.24, 2.45) is 5.92 Å². The molecule has 23 heavy (non-hydrogen) atoms. The minimum atomic E-state index is -1.04. The number of carbonyl (C=O) groups excluding carboxylic acids is 1. The van der Waals surface area contributed by atoms with Crippen LogP contribution in [0.4, 0.5) is 5.69 Å². The van der Waals surface area contributed by atoms with Crippen molar-refractivity contribution in [1.29, 1.82) is 0 Å². The average Bonchev–Trinajstić information content (AvgIpc) is 2.81. The molecule has 124 valence electrons. The molecule has 0 unspecified atom stereocenters. The van der Waals surface area contributed by atoms with Crippen molar-refractivity contribution in [1.82, 2.24) is 4.90 Å². The number of rotatable bonds is 6. The molecule has 1 heterocycles. The Balaban J connectivity index is 2.13. The standard InChI is InChI=1S/C16H20N2O5/c1-9(2)6-11(16(21)22)18-8-10(7-14(18)20)23-13-5-3-4-12(19)15(13)17/h3-5,7,9,11,19H,6,8,17H2,1-2H3,(H,21,22)/t11-/m0/s1. The number of nitrogen functional groups attached to an aromatic ring is 1. The summed E-state index contributed by atoms with van der Waals surface area (Å²) in [5.41, 5.74) is 5.78. The summed E-state index contributed by atoms with van der Waals surface area (Å²) >= 11 is 0. The highest BCUT2D eigenvalue weighted by atomic mass is 16.5. The molecule has 7 nitrogen and oxygen atoms in total. The molecule has 0 saturated heterocycles.